The van der Waals surface area contributed by atoms with Crippen LogP contribution in [0.1, 0.15) is 35.1 Å². The van der Waals surface area contributed by atoms with E-state index in [4.69, 9.17) is 4.99 Å². The molecule has 0 radical (unpaired) electrons. The highest BCUT2D eigenvalue weighted by atomic mass is 32.1. The minimum Gasteiger partial charge on any atom is -0.356 e. The highest BCUT2D eigenvalue weighted by Crippen LogP contribution is 2.24. The van der Waals surface area contributed by atoms with Crippen LogP contribution >= 0.6 is 11.3 Å². The lowest BCUT2D eigenvalue weighted by Gasteiger charge is -2.20. The molecule has 2 N–H and O–H groups in total. The van der Waals surface area contributed by atoms with Crippen molar-refractivity contribution >= 4 is 28.1 Å². The monoisotopic (exact) mass is 432 g/mol. The number of aliphatic imine (C=N–C) groups is 1. The third-order valence-electron chi connectivity index (χ3n) is 5.45. The molecule has 0 bridgehead atoms. The van der Waals surface area contributed by atoms with Crippen LogP contribution in [-0.4, -0.2) is 27.3 Å². The number of nitrogens with zero attached hydrogens (tertiary/aromatic N) is 4. The predicted molar refractivity (Wildman–Crippen MR) is 128 cm³/mol. The topological polar surface area (TPSA) is 67.1 Å². The van der Waals surface area contributed by atoms with E-state index in [2.05, 4.69) is 87.7 Å². The Labute approximate surface area is 187 Å². The molecule has 4 rings (SSSR count). The van der Waals surface area contributed by atoms with E-state index in [0.717, 1.165) is 30.6 Å². The summed E-state index contributed by atoms with van der Waals surface area (Å²) in [5.41, 5.74) is 1.25. The fourth-order valence-corrected chi connectivity index (χ4v) is 4.27. The Bertz CT molecular complexity index is 1160. The summed E-state index contributed by atoms with van der Waals surface area (Å²) in [4.78, 5) is 6.17. The second kappa shape index (κ2) is 9.75. The molecule has 1 unspecified atom stereocenters. The highest BCUT2D eigenvalue weighted by molar-refractivity contribution is 7.09. The summed E-state index contributed by atoms with van der Waals surface area (Å²) < 4.78 is 1.97. The van der Waals surface area contributed by atoms with Gasteiger partial charge in [-0.05, 0) is 48.1 Å². The van der Waals surface area contributed by atoms with Crippen molar-refractivity contribution in [2.24, 2.45) is 12.0 Å². The maximum absolute atomic E-state index is 4.81. The number of aromatic nitrogens is 3. The first kappa shape index (κ1) is 21.1. The fraction of sp³-hybridized carbons (Fsp3) is 0.292. The van der Waals surface area contributed by atoms with Crippen LogP contribution in [0.4, 0.5) is 0 Å². The van der Waals surface area contributed by atoms with Gasteiger partial charge in [-0.15, -0.1) is 21.5 Å². The van der Waals surface area contributed by atoms with E-state index in [1.54, 1.807) is 11.3 Å². The van der Waals surface area contributed by atoms with Gasteiger partial charge in [0.1, 0.15) is 12.4 Å². The SMILES string of the molecule is Cc1nnc(CN=C(NCCc2cccs2)NC(C)c2cccc3ccccc23)n1C. The van der Waals surface area contributed by atoms with Crippen molar-refractivity contribution < 1.29 is 0 Å². The first-order chi connectivity index (χ1) is 15.1. The minimum absolute atomic E-state index is 0.0975. The van der Waals surface area contributed by atoms with Crippen molar-refractivity contribution in [1.29, 1.82) is 0 Å². The van der Waals surface area contributed by atoms with Crippen molar-refractivity contribution in [3.8, 4) is 0 Å². The van der Waals surface area contributed by atoms with Gasteiger partial charge >= 0.3 is 0 Å². The first-order valence-corrected chi connectivity index (χ1v) is 11.4. The number of nitrogens with one attached hydrogen (secondary N) is 2. The zero-order chi connectivity index (χ0) is 21.6. The van der Waals surface area contributed by atoms with Gasteiger partial charge in [-0.1, -0.05) is 48.5 Å². The van der Waals surface area contributed by atoms with Gasteiger partial charge in [-0.2, -0.15) is 0 Å². The Hall–Kier alpha value is -3.19. The van der Waals surface area contributed by atoms with E-state index in [1.165, 1.54) is 21.2 Å². The van der Waals surface area contributed by atoms with Gasteiger partial charge in [0.15, 0.2) is 11.8 Å². The molecule has 0 aliphatic heterocycles. The number of hydrogen-bond donors (Lipinski definition) is 2. The number of aryl methyl sites for hydroxylation is 1. The summed E-state index contributed by atoms with van der Waals surface area (Å²) in [6.45, 7) is 5.40. The van der Waals surface area contributed by atoms with Crippen molar-refractivity contribution in [2.75, 3.05) is 6.54 Å². The molecule has 2 aromatic carbocycles. The molecule has 1 atom stereocenters. The number of fused-ring (bicyclic) bond motifs is 1. The summed E-state index contributed by atoms with van der Waals surface area (Å²) in [5, 5.41) is 20.1. The molecular weight excluding hydrogens is 404 g/mol. The van der Waals surface area contributed by atoms with Gasteiger partial charge in [0.05, 0.1) is 6.04 Å². The molecule has 0 fully saturated rings. The Morgan fingerprint density at radius 1 is 1.10 bits per heavy atom. The highest BCUT2D eigenvalue weighted by Gasteiger charge is 2.12. The van der Waals surface area contributed by atoms with Gasteiger partial charge in [0, 0.05) is 18.5 Å². The molecular formula is C24H28N6S. The van der Waals surface area contributed by atoms with E-state index in [-0.39, 0.29) is 6.04 Å². The average molecular weight is 433 g/mol. The number of thiophene rings is 1. The molecule has 0 spiro atoms. The van der Waals surface area contributed by atoms with E-state index in [9.17, 15) is 0 Å². The Balaban J connectivity index is 1.52. The van der Waals surface area contributed by atoms with Crippen LogP contribution in [0.3, 0.4) is 0 Å². The molecule has 0 saturated carbocycles. The van der Waals surface area contributed by atoms with Gasteiger partial charge in [-0.25, -0.2) is 4.99 Å². The summed E-state index contributed by atoms with van der Waals surface area (Å²) in [5.74, 6) is 2.50. The summed E-state index contributed by atoms with van der Waals surface area (Å²) >= 11 is 1.78. The van der Waals surface area contributed by atoms with Gasteiger partial charge in [0.25, 0.3) is 0 Å². The lowest BCUT2D eigenvalue weighted by Crippen LogP contribution is -2.39. The van der Waals surface area contributed by atoms with Gasteiger partial charge in [-0.3, -0.25) is 0 Å². The van der Waals surface area contributed by atoms with E-state index < -0.39 is 0 Å². The molecule has 0 saturated heterocycles. The molecule has 0 amide bonds. The van der Waals surface area contributed by atoms with Gasteiger partial charge in [0.2, 0.25) is 0 Å². The van der Waals surface area contributed by atoms with Gasteiger partial charge < -0.3 is 15.2 Å². The number of guanidine groups is 1. The third-order valence-corrected chi connectivity index (χ3v) is 6.38. The van der Waals surface area contributed by atoms with Crippen LogP contribution in [0.15, 0.2) is 65.0 Å². The maximum Gasteiger partial charge on any atom is 0.192 e. The van der Waals surface area contributed by atoms with Crippen LogP contribution < -0.4 is 10.6 Å². The predicted octanol–water partition coefficient (Wildman–Crippen LogP) is 4.38. The average Bonchev–Trinajstić information content (AvgIpc) is 3.42. The molecule has 31 heavy (non-hydrogen) atoms. The second-order valence-electron chi connectivity index (χ2n) is 7.58. The Kier molecular flexibility index (Phi) is 6.62. The quantitative estimate of drug-likeness (QED) is 0.336. The number of benzene rings is 2. The largest absolute Gasteiger partial charge is 0.356 e. The number of hydrogen-bond acceptors (Lipinski definition) is 4. The summed E-state index contributed by atoms with van der Waals surface area (Å²) in [7, 11) is 1.97. The second-order valence-corrected chi connectivity index (χ2v) is 8.61. The molecule has 0 aliphatic rings. The van der Waals surface area contributed by atoms with E-state index >= 15 is 0 Å². The van der Waals surface area contributed by atoms with E-state index in [1.807, 2.05) is 18.5 Å². The third kappa shape index (κ3) is 5.11. The first-order valence-electron chi connectivity index (χ1n) is 10.5. The molecule has 6 nitrogen and oxygen atoms in total. The Morgan fingerprint density at radius 2 is 1.94 bits per heavy atom. The van der Waals surface area contributed by atoms with Crippen LogP contribution in [0, 0.1) is 6.92 Å². The van der Waals surface area contributed by atoms with Crippen LogP contribution in [0.5, 0.6) is 0 Å². The smallest absolute Gasteiger partial charge is 0.192 e. The van der Waals surface area contributed by atoms with Crippen LogP contribution in [0.2, 0.25) is 0 Å². The maximum atomic E-state index is 4.81. The lowest BCUT2D eigenvalue weighted by atomic mass is 10.00. The number of rotatable bonds is 7. The molecule has 4 aromatic rings. The summed E-state index contributed by atoms with van der Waals surface area (Å²) in [6, 6.07) is 19.3. The molecule has 7 heteroatoms. The zero-order valence-corrected chi connectivity index (χ0v) is 19.0. The Morgan fingerprint density at radius 3 is 2.71 bits per heavy atom. The fourth-order valence-electron chi connectivity index (χ4n) is 3.56. The van der Waals surface area contributed by atoms with Crippen LogP contribution in [0.25, 0.3) is 10.8 Å². The minimum atomic E-state index is 0.0975. The van der Waals surface area contributed by atoms with Crippen molar-refractivity contribution in [3.63, 3.8) is 0 Å². The van der Waals surface area contributed by atoms with Crippen molar-refractivity contribution in [2.45, 2.75) is 32.9 Å². The molecule has 2 heterocycles. The standard InChI is InChI=1S/C24H28N6S/c1-17(21-12-6-9-19-8-4-5-11-22(19)21)27-24(25-14-13-20-10-7-15-31-20)26-16-23-29-28-18(2)30(23)3/h4-12,15,17H,13-14,16H2,1-3H3,(H2,25,26,27). The zero-order valence-electron chi connectivity index (χ0n) is 18.2. The van der Waals surface area contributed by atoms with Crippen LogP contribution in [-0.2, 0) is 20.0 Å². The molecule has 2 aromatic heterocycles. The van der Waals surface area contributed by atoms with E-state index in [0.29, 0.717) is 6.54 Å². The molecule has 0 aliphatic carbocycles. The normalized spacial score (nSPS) is 12.8. The lowest BCUT2D eigenvalue weighted by molar-refractivity contribution is 0.680. The summed E-state index contributed by atoms with van der Waals surface area (Å²) in [6.07, 6.45) is 0.962. The van der Waals surface area contributed by atoms with Crippen molar-refractivity contribution in [1.82, 2.24) is 25.4 Å². The van der Waals surface area contributed by atoms with Crippen molar-refractivity contribution in [3.05, 3.63) is 82.1 Å². The molecule has 160 valence electrons.